The molecule has 0 N–H and O–H groups in total. The first-order valence-electron chi connectivity index (χ1n) is 11.5. The van der Waals surface area contributed by atoms with E-state index in [2.05, 4.69) is 20.8 Å². The van der Waals surface area contributed by atoms with E-state index in [0.29, 0.717) is 0 Å². The number of benzene rings is 2. The number of nitrogens with zero attached hydrogens (tertiary/aromatic N) is 5. The van der Waals surface area contributed by atoms with Gasteiger partial charge < -0.3 is 24.0 Å². The first kappa shape index (κ1) is 21.7. The van der Waals surface area contributed by atoms with E-state index in [1.807, 2.05) is 36.4 Å². The minimum absolute atomic E-state index is 0.726. The molecule has 2 fully saturated rings. The van der Waals surface area contributed by atoms with E-state index in [1.54, 1.807) is 14.2 Å². The summed E-state index contributed by atoms with van der Waals surface area (Å²) in [6, 6.07) is 14.1. The van der Waals surface area contributed by atoms with Crippen LogP contribution in [0.2, 0.25) is 0 Å². The van der Waals surface area contributed by atoms with Crippen molar-refractivity contribution in [3.05, 3.63) is 48.0 Å². The predicted molar refractivity (Wildman–Crippen MR) is 130 cm³/mol. The van der Waals surface area contributed by atoms with Crippen molar-refractivity contribution in [2.45, 2.75) is 6.54 Å². The first-order valence-corrected chi connectivity index (χ1v) is 11.5. The van der Waals surface area contributed by atoms with Crippen LogP contribution in [-0.4, -0.2) is 81.6 Å². The summed E-state index contributed by atoms with van der Waals surface area (Å²) in [6.07, 6.45) is 0. The molecule has 0 radical (unpaired) electrons. The molecule has 0 saturated carbocycles. The second-order valence-corrected chi connectivity index (χ2v) is 8.40. The van der Waals surface area contributed by atoms with Crippen LogP contribution in [0.15, 0.2) is 42.5 Å². The second kappa shape index (κ2) is 9.80. The van der Waals surface area contributed by atoms with E-state index in [1.165, 1.54) is 0 Å². The number of morpholine rings is 1. The van der Waals surface area contributed by atoms with Gasteiger partial charge in [0.25, 0.3) is 0 Å². The van der Waals surface area contributed by atoms with Gasteiger partial charge in [-0.1, -0.05) is 12.1 Å². The van der Waals surface area contributed by atoms with E-state index in [4.69, 9.17) is 24.2 Å². The van der Waals surface area contributed by atoms with Crippen LogP contribution in [-0.2, 0) is 11.3 Å². The van der Waals surface area contributed by atoms with Crippen LogP contribution in [0, 0.1) is 0 Å². The van der Waals surface area contributed by atoms with Crippen LogP contribution >= 0.6 is 0 Å². The summed E-state index contributed by atoms with van der Waals surface area (Å²) in [5, 5.41) is 0. The summed E-state index contributed by atoms with van der Waals surface area (Å²) in [5.41, 5.74) is 3.02. The van der Waals surface area contributed by atoms with Gasteiger partial charge in [0.15, 0.2) is 11.6 Å². The number of hydrogen-bond acceptors (Lipinski definition) is 8. The highest BCUT2D eigenvalue weighted by Gasteiger charge is 2.26. The van der Waals surface area contributed by atoms with Crippen LogP contribution in [0.4, 0.5) is 11.6 Å². The Balaban J connectivity index is 1.35. The highest BCUT2D eigenvalue weighted by Crippen LogP contribution is 2.30. The number of ether oxygens (including phenoxy) is 3. The van der Waals surface area contributed by atoms with Crippen LogP contribution < -0.4 is 19.3 Å². The van der Waals surface area contributed by atoms with Crippen molar-refractivity contribution in [1.29, 1.82) is 0 Å². The number of hydrogen-bond donors (Lipinski definition) is 0. The molecule has 1 aromatic heterocycles. The van der Waals surface area contributed by atoms with E-state index >= 15 is 0 Å². The van der Waals surface area contributed by atoms with Crippen molar-refractivity contribution in [3.8, 4) is 11.5 Å². The van der Waals surface area contributed by atoms with Gasteiger partial charge in [0.2, 0.25) is 0 Å². The maximum atomic E-state index is 5.57. The average Bonchev–Trinajstić information content (AvgIpc) is 2.89. The van der Waals surface area contributed by atoms with Gasteiger partial charge in [-0.15, -0.1) is 0 Å². The third kappa shape index (κ3) is 4.67. The van der Waals surface area contributed by atoms with E-state index in [0.717, 1.165) is 98.8 Å². The van der Waals surface area contributed by atoms with Crippen molar-refractivity contribution in [2.24, 2.45) is 0 Å². The molecule has 174 valence electrons. The molecule has 2 aliphatic heterocycles. The normalized spacial score (nSPS) is 17.4. The molecule has 0 atom stereocenters. The minimum Gasteiger partial charge on any atom is -0.497 e. The van der Waals surface area contributed by atoms with Gasteiger partial charge in [0.05, 0.1) is 38.5 Å². The summed E-state index contributed by atoms with van der Waals surface area (Å²) in [6.45, 7) is 7.65. The molecule has 2 aliphatic rings. The quantitative estimate of drug-likeness (QED) is 0.569. The number of rotatable bonds is 6. The molecule has 2 saturated heterocycles. The lowest BCUT2D eigenvalue weighted by Gasteiger charge is -2.38. The Kier molecular flexibility index (Phi) is 6.46. The molecular weight excluding hydrogens is 418 g/mol. The molecular formula is C25H31N5O3. The minimum atomic E-state index is 0.726. The van der Waals surface area contributed by atoms with Crippen LogP contribution in [0.25, 0.3) is 11.0 Å². The Morgan fingerprint density at radius 3 is 2.03 bits per heavy atom. The largest absolute Gasteiger partial charge is 0.497 e. The molecule has 0 bridgehead atoms. The standard InChI is InChI=1S/C25H31N5O3/c1-31-20-7-8-23(32-2)19(17-20)18-28-9-11-29(12-10-28)24-25(30-13-15-33-16-14-30)27-22-6-4-3-5-21(22)26-24/h3-8,17H,9-16,18H2,1-2H3. The number of anilines is 2. The van der Waals surface area contributed by atoms with Gasteiger partial charge >= 0.3 is 0 Å². The number of fused-ring (bicyclic) bond motifs is 1. The Morgan fingerprint density at radius 2 is 1.42 bits per heavy atom. The van der Waals surface area contributed by atoms with E-state index in [9.17, 15) is 0 Å². The van der Waals surface area contributed by atoms with Crippen molar-refractivity contribution < 1.29 is 14.2 Å². The fraction of sp³-hybridized carbons (Fsp3) is 0.440. The summed E-state index contributed by atoms with van der Waals surface area (Å²) in [7, 11) is 3.41. The topological polar surface area (TPSA) is 63.2 Å². The first-order chi connectivity index (χ1) is 16.2. The highest BCUT2D eigenvalue weighted by molar-refractivity contribution is 5.81. The maximum Gasteiger partial charge on any atom is 0.172 e. The van der Waals surface area contributed by atoms with Crippen LogP contribution in [0.5, 0.6) is 11.5 Å². The lowest BCUT2D eigenvalue weighted by molar-refractivity contribution is 0.122. The Hall–Kier alpha value is -3.10. The molecule has 0 unspecified atom stereocenters. The molecule has 0 amide bonds. The molecule has 33 heavy (non-hydrogen) atoms. The number of piperazine rings is 1. The molecule has 5 rings (SSSR count). The number of methoxy groups -OCH3 is 2. The van der Waals surface area contributed by atoms with Crippen molar-refractivity contribution >= 4 is 22.7 Å². The molecule has 2 aromatic carbocycles. The number of para-hydroxylation sites is 2. The third-order valence-electron chi connectivity index (χ3n) is 6.40. The van der Waals surface area contributed by atoms with Crippen LogP contribution in [0.3, 0.4) is 0 Å². The van der Waals surface area contributed by atoms with Gasteiger partial charge in [-0.3, -0.25) is 4.90 Å². The van der Waals surface area contributed by atoms with Crippen molar-refractivity contribution in [1.82, 2.24) is 14.9 Å². The van der Waals surface area contributed by atoms with Crippen LogP contribution in [0.1, 0.15) is 5.56 Å². The monoisotopic (exact) mass is 449 g/mol. The van der Waals surface area contributed by atoms with Gasteiger partial charge in [-0.05, 0) is 30.3 Å². The number of aromatic nitrogens is 2. The lowest BCUT2D eigenvalue weighted by Crippen LogP contribution is -2.47. The van der Waals surface area contributed by atoms with Gasteiger partial charge in [0, 0.05) is 51.4 Å². The molecule has 3 heterocycles. The Morgan fingerprint density at radius 1 is 0.788 bits per heavy atom. The van der Waals surface area contributed by atoms with Gasteiger partial charge in [-0.25, -0.2) is 9.97 Å². The van der Waals surface area contributed by atoms with Gasteiger partial charge in [0.1, 0.15) is 11.5 Å². The zero-order chi connectivity index (χ0) is 22.6. The smallest absolute Gasteiger partial charge is 0.172 e. The zero-order valence-electron chi connectivity index (χ0n) is 19.4. The lowest BCUT2D eigenvalue weighted by atomic mass is 10.1. The molecule has 0 spiro atoms. The summed E-state index contributed by atoms with van der Waals surface area (Å²) >= 11 is 0. The highest BCUT2D eigenvalue weighted by atomic mass is 16.5. The average molecular weight is 450 g/mol. The van der Waals surface area contributed by atoms with Gasteiger partial charge in [-0.2, -0.15) is 0 Å². The fourth-order valence-corrected chi connectivity index (χ4v) is 4.55. The third-order valence-corrected chi connectivity index (χ3v) is 6.40. The maximum absolute atomic E-state index is 5.57. The summed E-state index contributed by atoms with van der Waals surface area (Å²) < 4.78 is 16.6. The van der Waals surface area contributed by atoms with E-state index in [-0.39, 0.29) is 0 Å². The van der Waals surface area contributed by atoms with Crippen molar-refractivity contribution in [2.75, 3.05) is 76.5 Å². The van der Waals surface area contributed by atoms with E-state index < -0.39 is 0 Å². The fourth-order valence-electron chi connectivity index (χ4n) is 4.55. The summed E-state index contributed by atoms with van der Waals surface area (Å²) in [4.78, 5) is 17.2. The Labute approximate surface area is 194 Å². The summed E-state index contributed by atoms with van der Waals surface area (Å²) in [5.74, 6) is 3.70. The predicted octanol–water partition coefficient (Wildman–Crippen LogP) is 2.81. The molecule has 0 aliphatic carbocycles. The zero-order valence-corrected chi connectivity index (χ0v) is 19.4. The van der Waals surface area contributed by atoms with Crippen molar-refractivity contribution in [3.63, 3.8) is 0 Å². The second-order valence-electron chi connectivity index (χ2n) is 8.40. The SMILES string of the molecule is COc1ccc(OC)c(CN2CCN(c3nc4ccccc4nc3N3CCOCC3)CC2)c1. The molecule has 3 aromatic rings. The molecule has 8 nitrogen and oxygen atoms in total. The Bertz CT molecular complexity index is 1090. The molecule has 8 heteroatoms.